The predicted octanol–water partition coefficient (Wildman–Crippen LogP) is 3.43. The molecule has 0 aromatic rings. The van der Waals surface area contributed by atoms with E-state index < -0.39 is 25.4 Å². The van der Waals surface area contributed by atoms with Gasteiger partial charge in [-0.15, -0.1) is 0 Å². The van der Waals surface area contributed by atoms with Gasteiger partial charge in [-0.2, -0.15) is 0 Å². The van der Waals surface area contributed by atoms with Crippen LogP contribution in [0.3, 0.4) is 0 Å². The van der Waals surface area contributed by atoms with Gasteiger partial charge >= 0.3 is 13.6 Å². The molecule has 7 heteroatoms. The lowest BCUT2D eigenvalue weighted by atomic mass is 9.85. The molecule has 0 unspecified atom stereocenters. The maximum atomic E-state index is 12.0. The highest BCUT2D eigenvalue weighted by atomic mass is 31.2. The summed E-state index contributed by atoms with van der Waals surface area (Å²) in [6.45, 7) is 6.37. The molecule has 0 rings (SSSR count). The molecular formula is C15H32NO5P. The van der Waals surface area contributed by atoms with Crippen molar-refractivity contribution >= 4 is 13.6 Å². The number of aliphatic carboxylic acids is 1. The third-order valence-electron chi connectivity index (χ3n) is 4.03. The zero-order valence-electron chi connectivity index (χ0n) is 14.1. The lowest BCUT2D eigenvalue weighted by Crippen LogP contribution is -2.55. The van der Waals surface area contributed by atoms with E-state index >= 15 is 0 Å². The molecule has 0 atom stereocenters. The first-order valence-electron chi connectivity index (χ1n) is 8.26. The summed E-state index contributed by atoms with van der Waals surface area (Å²) in [5.74, 6) is -0.959. The maximum absolute atomic E-state index is 12.0. The Kier molecular flexibility index (Phi) is 10.2. The van der Waals surface area contributed by atoms with Crippen LogP contribution in [0.4, 0.5) is 0 Å². The van der Waals surface area contributed by atoms with E-state index in [0.29, 0.717) is 19.4 Å². The molecule has 0 amide bonds. The van der Waals surface area contributed by atoms with E-state index in [1.54, 1.807) is 0 Å². The number of hydrogen-bond donors (Lipinski definition) is 3. The number of unbranched alkanes of at least 4 members (excludes halogenated alkanes) is 3. The molecule has 0 radical (unpaired) electrons. The Hall–Kier alpha value is -0.420. The Balaban J connectivity index is 5.53. The van der Waals surface area contributed by atoms with Crippen molar-refractivity contribution < 1.29 is 24.3 Å². The highest BCUT2D eigenvalue weighted by Gasteiger charge is 2.44. The van der Waals surface area contributed by atoms with Crippen LogP contribution >= 0.6 is 7.60 Å². The summed E-state index contributed by atoms with van der Waals surface area (Å²) in [7, 11) is -4.30. The molecule has 132 valence electrons. The molecule has 0 saturated heterocycles. The molecule has 0 fully saturated rings. The minimum absolute atomic E-state index is 0.404. The molecule has 0 heterocycles. The zero-order valence-corrected chi connectivity index (χ0v) is 15.0. The van der Waals surface area contributed by atoms with Crippen LogP contribution in [0.5, 0.6) is 0 Å². The van der Waals surface area contributed by atoms with Crippen LogP contribution in [-0.4, -0.2) is 44.1 Å². The summed E-state index contributed by atoms with van der Waals surface area (Å²) in [6.07, 6.45) is 5.16. The van der Waals surface area contributed by atoms with E-state index in [1.165, 1.54) is 4.90 Å². The fourth-order valence-corrected chi connectivity index (χ4v) is 3.58. The monoisotopic (exact) mass is 337 g/mol. The van der Waals surface area contributed by atoms with Gasteiger partial charge in [-0.05, 0) is 25.8 Å². The second-order valence-electron chi connectivity index (χ2n) is 5.97. The van der Waals surface area contributed by atoms with Crippen molar-refractivity contribution in [3.63, 3.8) is 0 Å². The van der Waals surface area contributed by atoms with Crippen LogP contribution in [-0.2, 0) is 9.36 Å². The SMILES string of the molecule is CCCCN(CP(=O)(O)O)C(CCCC)(CCCC)C(=O)O. The number of rotatable bonds is 13. The van der Waals surface area contributed by atoms with Crippen molar-refractivity contribution in [1.29, 1.82) is 0 Å². The minimum Gasteiger partial charge on any atom is -0.480 e. The maximum Gasteiger partial charge on any atom is 0.339 e. The molecule has 22 heavy (non-hydrogen) atoms. The van der Waals surface area contributed by atoms with Crippen LogP contribution in [0.1, 0.15) is 72.1 Å². The van der Waals surface area contributed by atoms with Gasteiger partial charge < -0.3 is 14.9 Å². The second kappa shape index (κ2) is 10.4. The van der Waals surface area contributed by atoms with E-state index in [4.69, 9.17) is 0 Å². The van der Waals surface area contributed by atoms with Gasteiger partial charge in [-0.1, -0.05) is 52.9 Å². The van der Waals surface area contributed by atoms with Crippen molar-refractivity contribution in [2.24, 2.45) is 0 Å². The predicted molar refractivity (Wildman–Crippen MR) is 87.9 cm³/mol. The Morgan fingerprint density at radius 2 is 1.45 bits per heavy atom. The van der Waals surface area contributed by atoms with Gasteiger partial charge in [0.15, 0.2) is 0 Å². The van der Waals surface area contributed by atoms with Crippen molar-refractivity contribution in [2.75, 3.05) is 12.8 Å². The Morgan fingerprint density at radius 3 is 1.77 bits per heavy atom. The molecule has 0 aromatic carbocycles. The van der Waals surface area contributed by atoms with Gasteiger partial charge in [0.2, 0.25) is 0 Å². The highest BCUT2D eigenvalue weighted by molar-refractivity contribution is 7.51. The van der Waals surface area contributed by atoms with Crippen molar-refractivity contribution in [1.82, 2.24) is 4.90 Å². The molecule has 0 aromatic heterocycles. The fourth-order valence-electron chi connectivity index (χ4n) is 2.72. The first-order chi connectivity index (χ1) is 10.2. The van der Waals surface area contributed by atoms with E-state index in [-0.39, 0.29) is 0 Å². The topological polar surface area (TPSA) is 98.1 Å². The quantitative estimate of drug-likeness (QED) is 0.445. The summed E-state index contributed by atoms with van der Waals surface area (Å²) >= 11 is 0. The number of nitrogens with zero attached hydrogens (tertiary/aromatic N) is 1. The number of hydrogen-bond acceptors (Lipinski definition) is 3. The number of carboxylic acids is 1. The largest absolute Gasteiger partial charge is 0.480 e. The third kappa shape index (κ3) is 7.23. The van der Waals surface area contributed by atoms with Crippen LogP contribution < -0.4 is 0 Å². The van der Waals surface area contributed by atoms with Crippen LogP contribution in [0, 0.1) is 0 Å². The fraction of sp³-hybridized carbons (Fsp3) is 0.933. The normalized spacial score (nSPS) is 12.8. The molecule has 0 aliphatic rings. The molecule has 3 N–H and O–H groups in total. The molecule has 0 bridgehead atoms. The standard InChI is InChI=1S/C15H32NO5P/c1-4-7-10-15(14(17)18,11-8-5-2)16(12-9-6-3)13-22(19,20)21/h4-13H2,1-3H3,(H,17,18)(H2,19,20,21). The molecule has 0 spiro atoms. The van der Waals surface area contributed by atoms with Gasteiger partial charge in [0.25, 0.3) is 0 Å². The molecule has 0 aliphatic carbocycles. The average molecular weight is 337 g/mol. The minimum atomic E-state index is -4.30. The van der Waals surface area contributed by atoms with Crippen LogP contribution in [0.15, 0.2) is 0 Å². The summed E-state index contributed by atoms with van der Waals surface area (Å²) in [6, 6.07) is 0. The van der Waals surface area contributed by atoms with E-state index in [2.05, 4.69) is 0 Å². The summed E-state index contributed by atoms with van der Waals surface area (Å²) < 4.78 is 11.5. The average Bonchev–Trinajstić information content (AvgIpc) is 2.42. The van der Waals surface area contributed by atoms with E-state index in [1.807, 2.05) is 20.8 Å². The molecule has 0 saturated carbocycles. The van der Waals surface area contributed by atoms with E-state index in [9.17, 15) is 24.3 Å². The Morgan fingerprint density at radius 1 is 1.00 bits per heavy atom. The van der Waals surface area contributed by atoms with E-state index in [0.717, 1.165) is 38.5 Å². The third-order valence-corrected chi connectivity index (χ3v) is 4.74. The van der Waals surface area contributed by atoms with Crippen molar-refractivity contribution in [2.45, 2.75) is 77.7 Å². The van der Waals surface area contributed by atoms with Gasteiger partial charge in [-0.25, -0.2) is 0 Å². The van der Waals surface area contributed by atoms with Gasteiger partial charge in [-0.3, -0.25) is 14.3 Å². The first kappa shape index (κ1) is 21.6. The lowest BCUT2D eigenvalue weighted by Gasteiger charge is -2.41. The van der Waals surface area contributed by atoms with Crippen LogP contribution in [0.25, 0.3) is 0 Å². The number of carboxylic acid groups (broad SMARTS) is 1. The first-order valence-corrected chi connectivity index (χ1v) is 10.1. The van der Waals surface area contributed by atoms with Crippen molar-refractivity contribution in [3.05, 3.63) is 0 Å². The smallest absolute Gasteiger partial charge is 0.339 e. The summed E-state index contributed by atoms with van der Waals surface area (Å²) in [4.78, 5) is 32.3. The molecule has 0 aliphatic heterocycles. The lowest BCUT2D eigenvalue weighted by molar-refractivity contribution is -0.152. The zero-order chi connectivity index (χ0) is 17.2. The van der Waals surface area contributed by atoms with Crippen molar-refractivity contribution in [3.8, 4) is 0 Å². The summed E-state index contributed by atoms with van der Waals surface area (Å²) in [5.41, 5.74) is -1.16. The molecular weight excluding hydrogens is 305 g/mol. The second-order valence-corrected chi connectivity index (χ2v) is 7.58. The Bertz CT molecular complexity index is 361. The highest BCUT2D eigenvalue weighted by Crippen LogP contribution is 2.40. The molecule has 6 nitrogen and oxygen atoms in total. The summed E-state index contributed by atoms with van der Waals surface area (Å²) in [5, 5.41) is 9.85. The Labute approximate surface area is 134 Å². The van der Waals surface area contributed by atoms with Gasteiger partial charge in [0.05, 0.1) is 0 Å². The number of carbonyl (C=O) groups is 1. The van der Waals surface area contributed by atoms with Crippen LogP contribution in [0.2, 0.25) is 0 Å². The van der Waals surface area contributed by atoms with Gasteiger partial charge in [0.1, 0.15) is 11.8 Å². The van der Waals surface area contributed by atoms with Gasteiger partial charge in [0, 0.05) is 0 Å².